The first kappa shape index (κ1) is 20.3. The molecule has 0 radical (unpaired) electrons. The van der Waals surface area contributed by atoms with Crippen LogP contribution in [0.5, 0.6) is 5.75 Å². The van der Waals surface area contributed by atoms with E-state index >= 15 is 0 Å². The number of carbonyl (C=O) groups is 1. The maximum Gasteiger partial charge on any atom is 0.332 e. The molecule has 2 N–H and O–H groups in total. The number of methoxy groups -OCH3 is 1. The van der Waals surface area contributed by atoms with E-state index in [0.29, 0.717) is 11.7 Å². The second-order valence-corrected chi connectivity index (χ2v) is 7.09. The largest absolute Gasteiger partial charge is 0.497 e. The minimum Gasteiger partial charge on any atom is -0.497 e. The summed E-state index contributed by atoms with van der Waals surface area (Å²) in [6, 6.07) is 7.42. The van der Waals surface area contributed by atoms with Crippen molar-refractivity contribution in [1.82, 2.24) is 29.3 Å². The molecule has 152 valence electrons. The Morgan fingerprint density at radius 3 is 2.52 bits per heavy atom. The van der Waals surface area contributed by atoms with Gasteiger partial charge in [-0.2, -0.15) is 0 Å². The Kier molecular flexibility index (Phi) is 5.82. The van der Waals surface area contributed by atoms with Crippen LogP contribution < -0.4 is 21.7 Å². The monoisotopic (exact) mass is 417 g/mol. The van der Waals surface area contributed by atoms with E-state index in [9.17, 15) is 14.4 Å². The predicted octanol–water partition coefficient (Wildman–Crippen LogP) is -0.315. The number of benzene rings is 1. The number of anilines is 1. The van der Waals surface area contributed by atoms with Gasteiger partial charge in [-0.25, -0.2) is 9.48 Å². The molecule has 29 heavy (non-hydrogen) atoms. The van der Waals surface area contributed by atoms with Crippen LogP contribution in [-0.4, -0.2) is 48.0 Å². The van der Waals surface area contributed by atoms with Crippen molar-refractivity contribution in [3.63, 3.8) is 0 Å². The molecule has 0 bridgehead atoms. The maximum atomic E-state index is 12.6. The zero-order chi connectivity index (χ0) is 21.1. The van der Waals surface area contributed by atoms with Gasteiger partial charge in [0.15, 0.2) is 5.78 Å². The van der Waals surface area contributed by atoms with Crippen molar-refractivity contribution >= 4 is 23.4 Å². The number of nitrogen functional groups attached to an aromatic ring is 1. The van der Waals surface area contributed by atoms with Gasteiger partial charge in [-0.05, 0) is 28.1 Å². The number of aromatic nitrogens is 6. The van der Waals surface area contributed by atoms with Crippen molar-refractivity contribution in [3.8, 4) is 5.75 Å². The fourth-order valence-corrected chi connectivity index (χ4v) is 3.38. The van der Waals surface area contributed by atoms with Gasteiger partial charge in [0.2, 0.25) is 5.16 Å². The number of hydrogen-bond donors (Lipinski definition) is 1. The predicted molar refractivity (Wildman–Crippen MR) is 106 cm³/mol. The zero-order valence-corrected chi connectivity index (χ0v) is 16.8. The van der Waals surface area contributed by atoms with Crippen molar-refractivity contribution in [2.75, 3.05) is 18.6 Å². The highest BCUT2D eigenvalue weighted by Crippen LogP contribution is 2.18. The van der Waals surface area contributed by atoms with E-state index in [2.05, 4.69) is 15.5 Å². The fourth-order valence-electron chi connectivity index (χ4n) is 2.63. The lowest BCUT2D eigenvalue weighted by molar-refractivity contribution is 0.102. The van der Waals surface area contributed by atoms with Gasteiger partial charge in [0.1, 0.15) is 17.1 Å². The molecule has 3 rings (SSSR count). The normalized spacial score (nSPS) is 10.9. The van der Waals surface area contributed by atoms with Crippen LogP contribution in [0.3, 0.4) is 0 Å². The Balaban J connectivity index is 1.76. The van der Waals surface area contributed by atoms with Gasteiger partial charge in [0.25, 0.3) is 5.56 Å². The molecule has 2 aromatic heterocycles. The standard InChI is InChI=1S/C17H19N7O4S/c1-22-14(18)13(15(26)23(2)17(22)27)12(25)9-29-16-19-20-21-24(16)8-10-4-6-11(28-3)7-5-10/h4-7H,8-9,18H2,1-3H3. The number of thioether (sulfide) groups is 1. The van der Waals surface area contributed by atoms with Crippen LogP contribution in [0.1, 0.15) is 15.9 Å². The van der Waals surface area contributed by atoms with E-state index in [4.69, 9.17) is 10.5 Å². The first-order valence-corrected chi connectivity index (χ1v) is 9.42. The van der Waals surface area contributed by atoms with Crippen molar-refractivity contribution in [2.24, 2.45) is 14.1 Å². The molecule has 0 saturated carbocycles. The van der Waals surface area contributed by atoms with Gasteiger partial charge in [0, 0.05) is 14.1 Å². The van der Waals surface area contributed by atoms with E-state index < -0.39 is 17.0 Å². The van der Waals surface area contributed by atoms with Gasteiger partial charge in [0.05, 0.1) is 19.4 Å². The van der Waals surface area contributed by atoms with Crippen LogP contribution in [0.2, 0.25) is 0 Å². The second-order valence-electron chi connectivity index (χ2n) is 6.15. The van der Waals surface area contributed by atoms with Crippen LogP contribution in [0.15, 0.2) is 39.0 Å². The molecule has 0 aliphatic heterocycles. The Morgan fingerprint density at radius 1 is 1.17 bits per heavy atom. The van der Waals surface area contributed by atoms with E-state index in [-0.39, 0.29) is 17.1 Å². The summed E-state index contributed by atoms with van der Waals surface area (Å²) in [7, 11) is 4.28. The first-order valence-electron chi connectivity index (χ1n) is 8.44. The molecule has 0 aliphatic rings. The molecule has 12 heteroatoms. The van der Waals surface area contributed by atoms with Crippen molar-refractivity contribution in [2.45, 2.75) is 11.7 Å². The maximum absolute atomic E-state index is 12.6. The summed E-state index contributed by atoms with van der Waals surface area (Å²) in [4.78, 5) is 36.8. The first-order chi connectivity index (χ1) is 13.8. The summed E-state index contributed by atoms with van der Waals surface area (Å²) in [5.74, 6) is -0.0491. The van der Waals surface area contributed by atoms with Crippen LogP contribution in [-0.2, 0) is 20.6 Å². The average molecular weight is 417 g/mol. The average Bonchev–Trinajstić information content (AvgIpc) is 3.17. The molecular weight excluding hydrogens is 398 g/mol. The number of hydrogen-bond acceptors (Lipinski definition) is 9. The second kappa shape index (κ2) is 8.31. The van der Waals surface area contributed by atoms with Crippen molar-refractivity contribution in [3.05, 3.63) is 56.2 Å². The number of ketones is 1. The quantitative estimate of drug-likeness (QED) is 0.405. The highest BCUT2D eigenvalue weighted by Gasteiger charge is 2.21. The van der Waals surface area contributed by atoms with Gasteiger partial charge in [-0.3, -0.25) is 18.7 Å². The Hall–Kier alpha value is -3.41. The van der Waals surface area contributed by atoms with Crippen molar-refractivity contribution in [1.29, 1.82) is 0 Å². The molecule has 0 saturated heterocycles. The number of Topliss-reactive ketones (excluding diaryl/α,β-unsaturated/α-hetero) is 1. The molecule has 2 heterocycles. The zero-order valence-electron chi connectivity index (χ0n) is 16.0. The number of tetrazole rings is 1. The van der Waals surface area contributed by atoms with Crippen LogP contribution in [0.4, 0.5) is 5.82 Å². The van der Waals surface area contributed by atoms with Gasteiger partial charge < -0.3 is 10.5 Å². The molecule has 0 aliphatic carbocycles. The molecule has 11 nitrogen and oxygen atoms in total. The summed E-state index contributed by atoms with van der Waals surface area (Å²) in [6.45, 7) is 0.400. The summed E-state index contributed by atoms with van der Waals surface area (Å²) in [5.41, 5.74) is 5.22. The molecule has 3 aromatic rings. The number of rotatable bonds is 7. The molecule has 0 fully saturated rings. The molecule has 0 spiro atoms. The SMILES string of the molecule is COc1ccc(Cn2nnnc2SCC(=O)c2c(N)n(C)c(=O)n(C)c2=O)cc1. The summed E-state index contributed by atoms with van der Waals surface area (Å²) in [6.07, 6.45) is 0. The third-order valence-electron chi connectivity index (χ3n) is 4.31. The van der Waals surface area contributed by atoms with Gasteiger partial charge in [-0.15, -0.1) is 5.10 Å². The van der Waals surface area contributed by atoms with Gasteiger partial charge >= 0.3 is 5.69 Å². The summed E-state index contributed by atoms with van der Waals surface area (Å²) in [5, 5.41) is 11.9. The molecule has 0 unspecified atom stereocenters. The summed E-state index contributed by atoms with van der Waals surface area (Å²) >= 11 is 1.08. The third kappa shape index (κ3) is 4.06. The van der Waals surface area contributed by atoms with E-state index in [1.807, 2.05) is 24.3 Å². The minimum absolute atomic E-state index is 0.110. The summed E-state index contributed by atoms with van der Waals surface area (Å²) < 4.78 is 8.59. The topological polar surface area (TPSA) is 140 Å². The number of carbonyl (C=O) groups excluding carboxylic acids is 1. The smallest absolute Gasteiger partial charge is 0.332 e. The highest BCUT2D eigenvalue weighted by atomic mass is 32.2. The minimum atomic E-state index is -0.728. The number of nitrogens with zero attached hydrogens (tertiary/aromatic N) is 6. The Morgan fingerprint density at radius 2 is 1.86 bits per heavy atom. The van der Waals surface area contributed by atoms with E-state index in [1.54, 1.807) is 11.8 Å². The highest BCUT2D eigenvalue weighted by molar-refractivity contribution is 7.99. The lowest BCUT2D eigenvalue weighted by Crippen LogP contribution is -2.41. The molecule has 1 aromatic carbocycles. The van der Waals surface area contributed by atoms with Crippen LogP contribution in [0, 0.1) is 0 Å². The lowest BCUT2D eigenvalue weighted by atomic mass is 10.2. The van der Waals surface area contributed by atoms with Crippen molar-refractivity contribution < 1.29 is 9.53 Å². The number of nitrogens with two attached hydrogens (primary N) is 1. The molecule has 0 amide bonds. The molecular formula is C17H19N7O4S. The Labute approximate surface area is 169 Å². The van der Waals surface area contributed by atoms with Crippen LogP contribution >= 0.6 is 11.8 Å². The third-order valence-corrected chi connectivity index (χ3v) is 5.27. The van der Waals surface area contributed by atoms with E-state index in [1.165, 1.54) is 14.1 Å². The fraction of sp³-hybridized carbons (Fsp3) is 0.294. The van der Waals surface area contributed by atoms with Gasteiger partial charge in [-0.1, -0.05) is 23.9 Å². The Bertz CT molecular complexity index is 1160. The number of ether oxygens (including phenoxy) is 1. The molecule has 0 atom stereocenters. The lowest BCUT2D eigenvalue weighted by Gasteiger charge is -2.10. The van der Waals surface area contributed by atoms with Crippen LogP contribution in [0.25, 0.3) is 0 Å². The van der Waals surface area contributed by atoms with E-state index in [0.717, 1.165) is 32.2 Å².